The molecular weight excluding hydrogens is 466 g/mol. The number of imidazole rings is 1. The standard InChI is InChI=1S/C27H29N9O/c1-16(2)12-22(37)30-18-13-17(14-28-15-18)19-6-7-21-23(31-19)25(35-34-21)26-32-20-8-9-29-27(24(20)33-26)36-10-4-3-5-11-36/h6-9,13-16H,3-5,10-12H2,1-2H3,(H,30,37)(H,32,33)(H,34,35). The third-order valence-electron chi connectivity index (χ3n) is 6.58. The molecule has 1 saturated heterocycles. The molecule has 188 valence electrons. The summed E-state index contributed by atoms with van der Waals surface area (Å²) in [6, 6.07) is 7.69. The van der Waals surface area contributed by atoms with E-state index < -0.39 is 0 Å². The fourth-order valence-electron chi connectivity index (χ4n) is 4.83. The first-order chi connectivity index (χ1) is 18.0. The number of hydrogen-bond acceptors (Lipinski definition) is 7. The minimum absolute atomic E-state index is 0.0298. The summed E-state index contributed by atoms with van der Waals surface area (Å²) in [5.74, 6) is 1.81. The minimum Gasteiger partial charge on any atom is -0.355 e. The molecule has 1 amide bonds. The van der Waals surface area contributed by atoms with Gasteiger partial charge in [-0.15, -0.1) is 0 Å². The van der Waals surface area contributed by atoms with E-state index in [2.05, 4.69) is 35.4 Å². The van der Waals surface area contributed by atoms with Gasteiger partial charge in [-0.2, -0.15) is 5.10 Å². The van der Waals surface area contributed by atoms with Gasteiger partial charge < -0.3 is 15.2 Å². The molecule has 6 rings (SSSR count). The molecule has 3 N–H and O–H groups in total. The van der Waals surface area contributed by atoms with Gasteiger partial charge in [-0.3, -0.25) is 14.9 Å². The Morgan fingerprint density at radius 1 is 1.05 bits per heavy atom. The van der Waals surface area contributed by atoms with E-state index in [0.717, 1.165) is 46.7 Å². The van der Waals surface area contributed by atoms with E-state index in [0.29, 0.717) is 29.1 Å². The van der Waals surface area contributed by atoms with E-state index in [4.69, 9.17) is 9.97 Å². The molecule has 0 unspecified atom stereocenters. The molecular formula is C27H29N9O. The number of hydrogen-bond donors (Lipinski definition) is 3. The average Bonchev–Trinajstić information content (AvgIpc) is 3.52. The number of carbonyl (C=O) groups excluding carboxylic acids is 1. The Morgan fingerprint density at radius 3 is 2.76 bits per heavy atom. The fourth-order valence-corrected chi connectivity index (χ4v) is 4.83. The molecule has 0 spiro atoms. The lowest BCUT2D eigenvalue weighted by atomic mass is 10.1. The molecule has 37 heavy (non-hydrogen) atoms. The van der Waals surface area contributed by atoms with Gasteiger partial charge in [0.15, 0.2) is 17.3 Å². The van der Waals surface area contributed by atoms with Crippen molar-refractivity contribution >= 4 is 39.5 Å². The summed E-state index contributed by atoms with van der Waals surface area (Å²) in [6.45, 7) is 6.02. The van der Waals surface area contributed by atoms with Crippen molar-refractivity contribution in [2.24, 2.45) is 5.92 Å². The zero-order valence-corrected chi connectivity index (χ0v) is 21.0. The number of nitrogens with zero attached hydrogens (tertiary/aromatic N) is 6. The van der Waals surface area contributed by atoms with Gasteiger partial charge >= 0.3 is 0 Å². The highest BCUT2D eigenvalue weighted by molar-refractivity contribution is 5.94. The fraction of sp³-hybridized carbons (Fsp3) is 0.333. The SMILES string of the molecule is CC(C)CC(=O)Nc1cncc(-c2ccc3[nH]nc(-c4nc5c(N6CCCCC6)nccc5[nH]4)c3n2)c1. The Bertz CT molecular complexity index is 1580. The van der Waals surface area contributed by atoms with Crippen molar-refractivity contribution in [2.45, 2.75) is 39.5 Å². The number of fused-ring (bicyclic) bond motifs is 2. The normalized spacial score (nSPS) is 14.1. The Balaban J connectivity index is 1.35. The lowest BCUT2D eigenvalue weighted by molar-refractivity contribution is -0.116. The predicted molar refractivity (Wildman–Crippen MR) is 144 cm³/mol. The van der Waals surface area contributed by atoms with E-state index in [1.54, 1.807) is 12.4 Å². The highest BCUT2D eigenvalue weighted by atomic mass is 16.1. The van der Waals surface area contributed by atoms with Gasteiger partial charge in [-0.05, 0) is 49.4 Å². The second-order valence-electron chi connectivity index (χ2n) is 9.94. The maximum atomic E-state index is 12.2. The van der Waals surface area contributed by atoms with Crippen molar-refractivity contribution in [1.29, 1.82) is 0 Å². The van der Waals surface area contributed by atoms with Gasteiger partial charge in [0.05, 0.1) is 28.6 Å². The quantitative estimate of drug-likeness (QED) is 0.304. The molecule has 1 aliphatic rings. The summed E-state index contributed by atoms with van der Waals surface area (Å²) in [5.41, 5.74) is 6.11. The van der Waals surface area contributed by atoms with Crippen molar-refractivity contribution in [2.75, 3.05) is 23.3 Å². The largest absolute Gasteiger partial charge is 0.355 e. The number of piperidine rings is 1. The molecule has 0 bridgehead atoms. The summed E-state index contributed by atoms with van der Waals surface area (Å²) in [6.07, 6.45) is 9.27. The minimum atomic E-state index is -0.0298. The number of aromatic nitrogens is 7. The van der Waals surface area contributed by atoms with Crippen LogP contribution < -0.4 is 10.2 Å². The average molecular weight is 496 g/mol. The lowest BCUT2D eigenvalue weighted by Gasteiger charge is -2.27. The number of aromatic amines is 2. The molecule has 0 radical (unpaired) electrons. The number of pyridine rings is 3. The Kier molecular flexibility index (Phi) is 5.99. The number of H-pyrrole nitrogens is 2. The van der Waals surface area contributed by atoms with Crippen molar-refractivity contribution in [3.05, 3.63) is 42.9 Å². The van der Waals surface area contributed by atoms with E-state index in [1.165, 1.54) is 19.3 Å². The van der Waals surface area contributed by atoms with Crippen LogP contribution >= 0.6 is 0 Å². The third kappa shape index (κ3) is 4.62. The summed E-state index contributed by atoms with van der Waals surface area (Å²) >= 11 is 0. The monoisotopic (exact) mass is 495 g/mol. The van der Waals surface area contributed by atoms with E-state index in [1.807, 2.05) is 44.3 Å². The van der Waals surface area contributed by atoms with Crippen LogP contribution in [0.3, 0.4) is 0 Å². The van der Waals surface area contributed by atoms with Gasteiger partial charge in [0.25, 0.3) is 0 Å². The topological polar surface area (TPSA) is 128 Å². The van der Waals surface area contributed by atoms with Crippen molar-refractivity contribution < 1.29 is 4.79 Å². The van der Waals surface area contributed by atoms with Crippen molar-refractivity contribution in [3.8, 4) is 22.8 Å². The summed E-state index contributed by atoms with van der Waals surface area (Å²) in [7, 11) is 0. The first-order valence-corrected chi connectivity index (χ1v) is 12.8. The van der Waals surface area contributed by atoms with E-state index in [-0.39, 0.29) is 11.8 Å². The molecule has 10 heteroatoms. The first-order valence-electron chi connectivity index (χ1n) is 12.8. The molecule has 1 aliphatic heterocycles. The first kappa shape index (κ1) is 23.1. The van der Waals surface area contributed by atoms with Crippen molar-refractivity contribution in [1.82, 2.24) is 35.1 Å². The van der Waals surface area contributed by atoms with Crippen LogP contribution in [-0.2, 0) is 4.79 Å². The number of anilines is 2. The number of amides is 1. The van der Waals surface area contributed by atoms with Crippen LogP contribution in [0.5, 0.6) is 0 Å². The van der Waals surface area contributed by atoms with Gasteiger partial charge in [0.1, 0.15) is 11.0 Å². The van der Waals surface area contributed by atoms with Crippen LogP contribution in [0.25, 0.3) is 44.8 Å². The van der Waals surface area contributed by atoms with Gasteiger partial charge in [-0.25, -0.2) is 15.0 Å². The van der Waals surface area contributed by atoms with Crippen LogP contribution in [0.15, 0.2) is 42.9 Å². The summed E-state index contributed by atoms with van der Waals surface area (Å²) in [5, 5.41) is 10.5. The van der Waals surface area contributed by atoms with Gasteiger partial charge in [0.2, 0.25) is 5.91 Å². The van der Waals surface area contributed by atoms with Crippen LogP contribution in [0.4, 0.5) is 11.5 Å². The maximum absolute atomic E-state index is 12.2. The molecule has 5 aromatic rings. The Morgan fingerprint density at radius 2 is 1.92 bits per heavy atom. The van der Waals surface area contributed by atoms with Gasteiger partial charge in [0, 0.05) is 37.5 Å². The molecule has 0 atom stereocenters. The lowest BCUT2D eigenvalue weighted by Crippen LogP contribution is -2.30. The molecule has 1 fully saturated rings. The third-order valence-corrected chi connectivity index (χ3v) is 6.58. The molecule has 0 aromatic carbocycles. The second kappa shape index (κ2) is 9.61. The molecule has 0 aliphatic carbocycles. The number of nitrogens with one attached hydrogen (secondary N) is 3. The zero-order valence-electron chi connectivity index (χ0n) is 21.0. The van der Waals surface area contributed by atoms with Crippen molar-refractivity contribution in [3.63, 3.8) is 0 Å². The van der Waals surface area contributed by atoms with Gasteiger partial charge in [-0.1, -0.05) is 13.8 Å². The highest BCUT2D eigenvalue weighted by Crippen LogP contribution is 2.31. The summed E-state index contributed by atoms with van der Waals surface area (Å²) in [4.78, 5) is 36.7. The molecule has 0 saturated carbocycles. The maximum Gasteiger partial charge on any atom is 0.224 e. The second-order valence-corrected chi connectivity index (χ2v) is 9.94. The van der Waals surface area contributed by atoms with E-state index in [9.17, 15) is 4.79 Å². The van der Waals surface area contributed by atoms with Crippen LogP contribution in [0, 0.1) is 5.92 Å². The molecule has 5 aromatic heterocycles. The number of carbonyl (C=O) groups is 1. The zero-order chi connectivity index (χ0) is 25.4. The Hall–Kier alpha value is -4.34. The predicted octanol–water partition coefficient (Wildman–Crippen LogP) is 4.93. The van der Waals surface area contributed by atoms with Crippen LogP contribution in [0.1, 0.15) is 39.5 Å². The molecule has 6 heterocycles. The summed E-state index contributed by atoms with van der Waals surface area (Å²) < 4.78 is 0. The van der Waals surface area contributed by atoms with E-state index >= 15 is 0 Å². The van der Waals surface area contributed by atoms with Crippen LogP contribution in [0.2, 0.25) is 0 Å². The number of rotatable bonds is 6. The highest BCUT2D eigenvalue weighted by Gasteiger charge is 2.20. The Labute approximate surface area is 214 Å². The van der Waals surface area contributed by atoms with Crippen LogP contribution in [-0.4, -0.2) is 54.1 Å². The smallest absolute Gasteiger partial charge is 0.224 e. The molecule has 10 nitrogen and oxygen atoms in total.